The zero-order chi connectivity index (χ0) is 17.5. The van der Waals surface area contributed by atoms with E-state index in [0.29, 0.717) is 32.5 Å². The molecule has 5 nitrogen and oxygen atoms in total. The number of hydrogen-bond donors (Lipinski definition) is 1. The molecular weight excluding hydrogens is 304 g/mol. The van der Waals surface area contributed by atoms with Gasteiger partial charge in [-0.3, -0.25) is 9.59 Å². The van der Waals surface area contributed by atoms with E-state index >= 15 is 0 Å². The quantitative estimate of drug-likeness (QED) is 0.834. The molecule has 0 bridgehead atoms. The first-order chi connectivity index (χ1) is 11.6. The van der Waals surface area contributed by atoms with Gasteiger partial charge in [0, 0.05) is 26.6 Å². The number of nitrogens with one attached hydrogen (secondary N) is 1. The first-order valence-electron chi connectivity index (χ1n) is 8.71. The van der Waals surface area contributed by atoms with Crippen LogP contribution in [0.2, 0.25) is 0 Å². The van der Waals surface area contributed by atoms with Crippen molar-refractivity contribution in [1.29, 1.82) is 0 Å². The van der Waals surface area contributed by atoms with Crippen LogP contribution in [-0.2, 0) is 14.3 Å². The molecule has 2 amide bonds. The maximum atomic E-state index is 12.7. The Labute approximate surface area is 144 Å². The molecule has 0 radical (unpaired) electrons. The number of aryl methyl sites for hydroxylation is 1. The van der Waals surface area contributed by atoms with Crippen molar-refractivity contribution in [3.63, 3.8) is 0 Å². The van der Waals surface area contributed by atoms with Crippen molar-refractivity contribution in [3.05, 3.63) is 35.4 Å². The predicted octanol–water partition coefficient (Wildman–Crippen LogP) is 2.45. The largest absolute Gasteiger partial charge is 0.383 e. The Morgan fingerprint density at radius 3 is 2.67 bits per heavy atom. The Morgan fingerprint density at radius 1 is 1.33 bits per heavy atom. The summed E-state index contributed by atoms with van der Waals surface area (Å²) in [6.07, 6.45) is 1.91. The number of amides is 2. The van der Waals surface area contributed by atoms with E-state index in [-0.39, 0.29) is 23.8 Å². The average molecular weight is 332 g/mol. The number of likely N-dealkylation sites (tertiary alicyclic amines) is 1. The highest BCUT2D eigenvalue weighted by molar-refractivity contribution is 5.85. The van der Waals surface area contributed by atoms with Crippen molar-refractivity contribution < 1.29 is 14.3 Å². The van der Waals surface area contributed by atoms with Crippen molar-refractivity contribution in [2.24, 2.45) is 5.92 Å². The molecule has 1 N–H and O–H groups in total. The van der Waals surface area contributed by atoms with Crippen molar-refractivity contribution >= 4 is 11.8 Å². The van der Waals surface area contributed by atoms with E-state index in [1.54, 1.807) is 7.11 Å². The highest BCUT2D eigenvalue weighted by atomic mass is 16.5. The number of piperidine rings is 1. The third-order valence-corrected chi connectivity index (χ3v) is 4.55. The zero-order valence-corrected chi connectivity index (χ0v) is 14.9. The van der Waals surface area contributed by atoms with Crippen LogP contribution in [0.15, 0.2) is 24.3 Å². The maximum Gasteiger partial charge on any atom is 0.225 e. The van der Waals surface area contributed by atoms with E-state index in [2.05, 4.69) is 5.32 Å². The van der Waals surface area contributed by atoms with Gasteiger partial charge in [0.2, 0.25) is 11.8 Å². The summed E-state index contributed by atoms with van der Waals surface area (Å²) in [5.41, 5.74) is 2.18. The van der Waals surface area contributed by atoms with Gasteiger partial charge in [0.1, 0.15) is 0 Å². The molecule has 0 aromatic heterocycles. The molecule has 132 valence electrons. The van der Waals surface area contributed by atoms with Gasteiger partial charge in [-0.15, -0.1) is 0 Å². The molecule has 1 aliphatic rings. The lowest BCUT2D eigenvalue weighted by atomic mass is 9.83. The Hall–Kier alpha value is -1.88. The second kappa shape index (κ2) is 8.83. The standard InChI is InChI=1S/C19H28N2O3/c1-4-11-20-19(23)16-9-10-17(22)21(12-13-24-3)18(16)15-7-5-14(2)6-8-15/h5-8,16,18H,4,9-13H2,1-3H3,(H,20,23)/t16-,18-/m1/s1. The Kier molecular flexibility index (Phi) is 6.79. The van der Waals surface area contributed by atoms with Crippen LogP contribution in [0.4, 0.5) is 0 Å². The van der Waals surface area contributed by atoms with E-state index in [1.165, 1.54) is 0 Å². The molecule has 0 aliphatic carbocycles. The summed E-state index contributed by atoms with van der Waals surface area (Å²) in [5, 5.41) is 3.00. The normalized spacial score (nSPS) is 21.0. The molecule has 1 fully saturated rings. The monoisotopic (exact) mass is 332 g/mol. The number of benzene rings is 1. The molecule has 2 atom stereocenters. The molecule has 0 spiro atoms. The fourth-order valence-corrected chi connectivity index (χ4v) is 3.24. The van der Waals surface area contributed by atoms with Gasteiger partial charge < -0.3 is 15.0 Å². The summed E-state index contributed by atoms with van der Waals surface area (Å²) in [4.78, 5) is 26.9. The van der Waals surface area contributed by atoms with Crippen molar-refractivity contribution in [3.8, 4) is 0 Å². The number of methoxy groups -OCH3 is 1. The van der Waals surface area contributed by atoms with Crippen molar-refractivity contribution in [1.82, 2.24) is 10.2 Å². The van der Waals surface area contributed by atoms with Crippen LogP contribution in [0.3, 0.4) is 0 Å². The van der Waals surface area contributed by atoms with E-state index in [9.17, 15) is 9.59 Å². The summed E-state index contributed by atoms with van der Waals surface area (Å²) in [5.74, 6) is -0.0803. The van der Waals surface area contributed by atoms with Crippen molar-refractivity contribution in [2.45, 2.75) is 39.2 Å². The van der Waals surface area contributed by atoms with Crippen molar-refractivity contribution in [2.75, 3.05) is 26.8 Å². The van der Waals surface area contributed by atoms with Crippen LogP contribution in [0.1, 0.15) is 43.4 Å². The minimum Gasteiger partial charge on any atom is -0.383 e. The lowest BCUT2D eigenvalue weighted by Crippen LogP contribution is -2.49. The summed E-state index contributed by atoms with van der Waals surface area (Å²) in [7, 11) is 1.63. The SMILES string of the molecule is CCCNC(=O)[C@@H]1CCC(=O)N(CCOC)[C@@H]1c1ccc(C)cc1. The number of carbonyl (C=O) groups is 2. The van der Waals surface area contributed by atoms with E-state index in [0.717, 1.165) is 17.5 Å². The van der Waals surface area contributed by atoms with Crippen LogP contribution >= 0.6 is 0 Å². The summed E-state index contributed by atoms with van der Waals surface area (Å²) < 4.78 is 5.16. The molecule has 5 heteroatoms. The van der Waals surface area contributed by atoms with Crippen LogP contribution in [-0.4, -0.2) is 43.5 Å². The van der Waals surface area contributed by atoms with E-state index < -0.39 is 0 Å². The predicted molar refractivity (Wildman–Crippen MR) is 93.5 cm³/mol. The number of carbonyl (C=O) groups excluding carboxylic acids is 2. The zero-order valence-electron chi connectivity index (χ0n) is 14.9. The van der Waals surface area contributed by atoms with Gasteiger partial charge in [-0.2, -0.15) is 0 Å². The second-order valence-corrected chi connectivity index (χ2v) is 6.37. The lowest BCUT2D eigenvalue weighted by molar-refractivity contribution is -0.144. The maximum absolute atomic E-state index is 12.7. The Bertz CT molecular complexity index is 556. The third-order valence-electron chi connectivity index (χ3n) is 4.55. The molecular formula is C19H28N2O3. The van der Waals surface area contributed by atoms with Crippen LogP contribution in [0, 0.1) is 12.8 Å². The summed E-state index contributed by atoms with van der Waals surface area (Å²) >= 11 is 0. The van der Waals surface area contributed by atoms with E-state index in [1.807, 2.05) is 43.0 Å². The molecule has 2 rings (SSSR count). The molecule has 1 aromatic rings. The first kappa shape index (κ1) is 18.5. The second-order valence-electron chi connectivity index (χ2n) is 6.37. The molecule has 24 heavy (non-hydrogen) atoms. The van der Waals surface area contributed by atoms with Crippen LogP contribution < -0.4 is 5.32 Å². The summed E-state index contributed by atoms with van der Waals surface area (Å²) in [6.45, 7) is 5.71. The number of nitrogens with zero attached hydrogens (tertiary/aromatic N) is 1. The molecule has 0 unspecified atom stereocenters. The molecule has 0 saturated carbocycles. The highest BCUT2D eigenvalue weighted by Gasteiger charge is 2.40. The Balaban J connectivity index is 2.31. The smallest absolute Gasteiger partial charge is 0.225 e. The third kappa shape index (κ3) is 4.35. The molecule has 1 aromatic carbocycles. The first-order valence-corrected chi connectivity index (χ1v) is 8.71. The van der Waals surface area contributed by atoms with Crippen LogP contribution in [0.25, 0.3) is 0 Å². The molecule has 1 saturated heterocycles. The number of ether oxygens (including phenoxy) is 1. The van der Waals surface area contributed by atoms with Gasteiger partial charge in [0.05, 0.1) is 18.6 Å². The van der Waals surface area contributed by atoms with Gasteiger partial charge in [0.25, 0.3) is 0 Å². The topological polar surface area (TPSA) is 58.6 Å². The highest BCUT2D eigenvalue weighted by Crippen LogP contribution is 2.36. The number of rotatable bonds is 7. The number of hydrogen-bond acceptors (Lipinski definition) is 3. The van der Waals surface area contributed by atoms with Gasteiger partial charge in [-0.1, -0.05) is 36.8 Å². The molecule has 1 heterocycles. The summed E-state index contributed by atoms with van der Waals surface area (Å²) in [6, 6.07) is 7.89. The Morgan fingerprint density at radius 2 is 2.04 bits per heavy atom. The fourth-order valence-electron chi connectivity index (χ4n) is 3.24. The lowest BCUT2D eigenvalue weighted by Gasteiger charge is -2.40. The van der Waals surface area contributed by atoms with Gasteiger partial charge in [-0.05, 0) is 25.3 Å². The minimum atomic E-state index is -0.223. The fraction of sp³-hybridized carbons (Fsp3) is 0.579. The average Bonchev–Trinajstić information content (AvgIpc) is 2.59. The van der Waals surface area contributed by atoms with Gasteiger partial charge in [0.15, 0.2) is 0 Å². The van der Waals surface area contributed by atoms with Crippen LogP contribution in [0.5, 0.6) is 0 Å². The van der Waals surface area contributed by atoms with Gasteiger partial charge >= 0.3 is 0 Å². The molecule has 1 aliphatic heterocycles. The minimum absolute atomic E-state index is 0.0392. The van der Waals surface area contributed by atoms with E-state index in [4.69, 9.17) is 4.74 Å². The van der Waals surface area contributed by atoms with Gasteiger partial charge in [-0.25, -0.2) is 0 Å².